The lowest BCUT2D eigenvalue weighted by Gasteiger charge is -2.32. The van der Waals surface area contributed by atoms with Crippen LogP contribution in [0.15, 0.2) is 0 Å². The van der Waals surface area contributed by atoms with Gasteiger partial charge < -0.3 is 5.32 Å². The van der Waals surface area contributed by atoms with Gasteiger partial charge in [-0.3, -0.25) is 4.90 Å². The fourth-order valence-electron chi connectivity index (χ4n) is 2.18. The first-order valence-corrected chi connectivity index (χ1v) is 5.60. The van der Waals surface area contributed by atoms with Crippen molar-refractivity contribution in [2.24, 2.45) is 0 Å². The van der Waals surface area contributed by atoms with Crippen LogP contribution < -0.4 is 5.32 Å². The van der Waals surface area contributed by atoms with Crippen LogP contribution in [0.25, 0.3) is 0 Å². The van der Waals surface area contributed by atoms with Crippen LogP contribution in [0.2, 0.25) is 0 Å². The Balaban J connectivity index is 2.37. The molecule has 0 unspecified atom stereocenters. The lowest BCUT2D eigenvalue weighted by molar-refractivity contribution is 0.160. The van der Waals surface area contributed by atoms with Crippen molar-refractivity contribution in [3.05, 3.63) is 0 Å². The molecule has 1 aliphatic heterocycles. The van der Waals surface area contributed by atoms with Crippen LogP contribution in [0.3, 0.4) is 0 Å². The van der Waals surface area contributed by atoms with Crippen molar-refractivity contribution >= 4 is 0 Å². The van der Waals surface area contributed by atoms with E-state index >= 15 is 0 Å². The number of hydrogen-bond acceptors (Lipinski definition) is 2. The van der Waals surface area contributed by atoms with Crippen molar-refractivity contribution in [1.29, 1.82) is 0 Å². The Kier molecular flexibility index (Phi) is 4.20. The van der Waals surface area contributed by atoms with Crippen LogP contribution in [-0.2, 0) is 0 Å². The summed E-state index contributed by atoms with van der Waals surface area (Å²) in [5, 5.41) is 3.56. The monoisotopic (exact) mass is 184 g/mol. The molecule has 0 radical (unpaired) electrons. The average Bonchev–Trinajstić information content (AvgIpc) is 2.50. The standard InChI is InChI=1S/C11H24N2/c1-9(2)13(10(3)4)8-11-6-5-7-12-11/h9-12H,5-8H2,1-4H3/t11-/m0/s1. The van der Waals surface area contributed by atoms with Gasteiger partial charge in [0.25, 0.3) is 0 Å². The minimum absolute atomic E-state index is 0.669. The molecule has 1 fully saturated rings. The maximum Gasteiger partial charge on any atom is 0.0195 e. The molecule has 0 aromatic heterocycles. The maximum atomic E-state index is 3.56. The van der Waals surface area contributed by atoms with E-state index in [-0.39, 0.29) is 0 Å². The predicted molar refractivity (Wildman–Crippen MR) is 58.0 cm³/mol. The van der Waals surface area contributed by atoms with E-state index in [9.17, 15) is 0 Å². The Hall–Kier alpha value is -0.0800. The molecule has 1 N–H and O–H groups in total. The van der Waals surface area contributed by atoms with Gasteiger partial charge in [-0.2, -0.15) is 0 Å². The van der Waals surface area contributed by atoms with Gasteiger partial charge in [-0.1, -0.05) is 0 Å². The first-order chi connectivity index (χ1) is 6.11. The summed E-state index contributed by atoms with van der Waals surface area (Å²) >= 11 is 0. The third-order valence-corrected chi connectivity index (χ3v) is 2.92. The van der Waals surface area contributed by atoms with E-state index in [0.29, 0.717) is 12.1 Å². The van der Waals surface area contributed by atoms with E-state index in [1.165, 1.54) is 25.9 Å². The van der Waals surface area contributed by atoms with E-state index in [1.54, 1.807) is 0 Å². The quantitative estimate of drug-likeness (QED) is 0.717. The molecule has 78 valence electrons. The van der Waals surface area contributed by atoms with Gasteiger partial charge in [0.05, 0.1) is 0 Å². The minimum atomic E-state index is 0.669. The molecule has 13 heavy (non-hydrogen) atoms. The van der Waals surface area contributed by atoms with Gasteiger partial charge in [0, 0.05) is 24.7 Å². The number of nitrogens with one attached hydrogen (secondary N) is 1. The summed E-state index contributed by atoms with van der Waals surface area (Å²) in [5.41, 5.74) is 0. The van der Waals surface area contributed by atoms with E-state index in [0.717, 1.165) is 6.04 Å². The Morgan fingerprint density at radius 1 is 1.23 bits per heavy atom. The summed E-state index contributed by atoms with van der Waals surface area (Å²) in [6, 6.07) is 2.08. The fourth-order valence-corrected chi connectivity index (χ4v) is 2.18. The van der Waals surface area contributed by atoms with Gasteiger partial charge in [0.1, 0.15) is 0 Å². The highest BCUT2D eigenvalue weighted by Gasteiger charge is 2.20. The number of rotatable bonds is 4. The summed E-state index contributed by atoms with van der Waals surface area (Å²) in [7, 11) is 0. The van der Waals surface area contributed by atoms with Crippen LogP contribution in [0.1, 0.15) is 40.5 Å². The van der Waals surface area contributed by atoms with Gasteiger partial charge in [-0.25, -0.2) is 0 Å². The van der Waals surface area contributed by atoms with Crippen LogP contribution in [0.5, 0.6) is 0 Å². The van der Waals surface area contributed by atoms with Crippen LogP contribution >= 0.6 is 0 Å². The van der Waals surface area contributed by atoms with Gasteiger partial charge in [0.15, 0.2) is 0 Å². The van der Waals surface area contributed by atoms with Gasteiger partial charge in [-0.05, 0) is 47.1 Å². The molecule has 1 saturated heterocycles. The summed E-state index contributed by atoms with van der Waals surface area (Å²) in [5.74, 6) is 0. The summed E-state index contributed by atoms with van der Waals surface area (Å²) < 4.78 is 0. The molecule has 1 heterocycles. The van der Waals surface area contributed by atoms with Crippen LogP contribution in [0.4, 0.5) is 0 Å². The molecular weight excluding hydrogens is 160 g/mol. The van der Waals surface area contributed by atoms with Gasteiger partial charge in [0.2, 0.25) is 0 Å². The Labute approximate surface area is 82.7 Å². The second kappa shape index (κ2) is 4.97. The molecule has 0 aliphatic carbocycles. The highest BCUT2D eigenvalue weighted by atomic mass is 15.2. The van der Waals surface area contributed by atoms with Gasteiger partial charge >= 0.3 is 0 Å². The minimum Gasteiger partial charge on any atom is -0.313 e. The molecule has 0 spiro atoms. The highest BCUT2D eigenvalue weighted by Crippen LogP contribution is 2.11. The van der Waals surface area contributed by atoms with Crippen molar-refractivity contribution in [3.63, 3.8) is 0 Å². The molecule has 0 bridgehead atoms. The number of nitrogens with zero attached hydrogens (tertiary/aromatic N) is 1. The summed E-state index contributed by atoms with van der Waals surface area (Å²) in [4.78, 5) is 2.57. The molecule has 0 aromatic carbocycles. The topological polar surface area (TPSA) is 15.3 Å². The average molecular weight is 184 g/mol. The molecular formula is C11H24N2. The zero-order valence-electron chi connectivity index (χ0n) is 9.51. The van der Waals surface area contributed by atoms with E-state index in [4.69, 9.17) is 0 Å². The SMILES string of the molecule is CC(C)N(C[C@@H]1CCCN1)C(C)C. The maximum absolute atomic E-state index is 3.56. The predicted octanol–water partition coefficient (Wildman–Crippen LogP) is 1.86. The van der Waals surface area contributed by atoms with Crippen LogP contribution in [0, 0.1) is 0 Å². The summed E-state index contributed by atoms with van der Waals surface area (Å²) in [6.07, 6.45) is 2.71. The Bertz CT molecular complexity index is 129. The summed E-state index contributed by atoms with van der Waals surface area (Å²) in [6.45, 7) is 11.6. The smallest absolute Gasteiger partial charge is 0.0195 e. The third-order valence-electron chi connectivity index (χ3n) is 2.92. The first-order valence-electron chi connectivity index (χ1n) is 5.60. The zero-order valence-corrected chi connectivity index (χ0v) is 9.51. The largest absolute Gasteiger partial charge is 0.313 e. The van der Waals surface area contributed by atoms with E-state index in [1.807, 2.05) is 0 Å². The molecule has 1 rings (SSSR count). The zero-order chi connectivity index (χ0) is 9.84. The van der Waals surface area contributed by atoms with E-state index < -0.39 is 0 Å². The molecule has 2 nitrogen and oxygen atoms in total. The van der Waals surface area contributed by atoms with E-state index in [2.05, 4.69) is 37.9 Å². The van der Waals surface area contributed by atoms with Crippen molar-refractivity contribution in [2.75, 3.05) is 13.1 Å². The van der Waals surface area contributed by atoms with Crippen molar-refractivity contribution in [1.82, 2.24) is 10.2 Å². The lowest BCUT2D eigenvalue weighted by atomic mass is 10.1. The van der Waals surface area contributed by atoms with Gasteiger partial charge in [-0.15, -0.1) is 0 Å². The third kappa shape index (κ3) is 3.28. The molecule has 2 heteroatoms. The second-order valence-electron chi connectivity index (χ2n) is 4.68. The Morgan fingerprint density at radius 2 is 1.85 bits per heavy atom. The Morgan fingerprint density at radius 3 is 2.23 bits per heavy atom. The highest BCUT2D eigenvalue weighted by molar-refractivity contribution is 4.80. The molecule has 0 amide bonds. The molecule has 1 atom stereocenters. The fraction of sp³-hybridized carbons (Fsp3) is 1.00. The second-order valence-corrected chi connectivity index (χ2v) is 4.68. The molecule has 0 saturated carbocycles. The normalized spacial score (nSPS) is 23.8. The van der Waals surface area contributed by atoms with Crippen LogP contribution in [-0.4, -0.2) is 36.1 Å². The first kappa shape index (κ1) is 11.0. The van der Waals surface area contributed by atoms with Crippen molar-refractivity contribution < 1.29 is 0 Å². The lowest BCUT2D eigenvalue weighted by Crippen LogP contribution is -2.44. The number of hydrogen-bond donors (Lipinski definition) is 1. The van der Waals surface area contributed by atoms with Crippen molar-refractivity contribution in [2.45, 2.75) is 58.7 Å². The molecule has 0 aromatic rings. The van der Waals surface area contributed by atoms with Crippen molar-refractivity contribution in [3.8, 4) is 0 Å². The molecule has 1 aliphatic rings.